The molecule has 0 aromatic carbocycles. The number of rotatable bonds is 5. The summed E-state index contributed by atoms with van der Waals surface area (Å²) in [6.07, 6.45) is 9.40. The molecule has 4 rings (SSSR count). The third-order valence-electron chi connectivity index (χ3n) is 5.34. The molecule has 1 aliphatic heterocycles. The highest BCUT2D eigenvalue weighted by Crippen LogP contribution is 2.34. The number of likely N-dealkylation sites (tertiary alicyclic amines) is 1. The van der Waals surface area contributed by atoms with E-state index >= 15 is 0 Å². The van der Waals surface area contributed by atoms with Crippen LogP contribution in [0.4, 0.5) is 0 Å². The summed E-state index contributed by atoms with van der Waals surface area (Å²) in [7, 11) is 1.97. The van der Waals surface area contributed by atoms with E-state index in [9.17, 15) is 0 Å². The van der Waals surface area contributed by atoms with Crippen LogP contribution in [0, 0.1) is 13.8 Å². The van der Waals surface area contributed by atoms with Crippen molar-refractivity contribution in [3.05, 3.63) is 59.6 Å². The highest BCUT2D eigenvalue weighted by molar-refractivity contribution is 5.33. The molecule has 7 nitrogen and oxygen atoms in total. The summed E-state index contributed by atoms with van der Waals surface area (Å²) in [6, 6.07) is 3.79. The van der Waals surface area contributed by atoms with Crippen molar-refractivity contribution in [1.82, 2.24) is 29.6 Å². The molecule has 3 aromatic heterocycles. The van der Waals surface area contributed by atoms with Gasteiger partial charge in [0.15, 0.2) is 5.75 Å². The summed E-state index contributed by atoms with van der Waals surface area (Å²) in [5.74, 6) is 1.68. The Hall–Kier alpha value is -2.80. The first-order valence-electron chi connectivity index (χ1n) is 9.72. The van der Waals surface area contributed by atoms with Gasteiger partial charge in [0.25, 0.3) is 0 Å². The summed E-state index contributed by atoms with van der Waals surface area (Å²) in [6.45, 7) is 7.02. The second-order valence-electron chi connectivity index (χ2n) is 7.40. The quantitative estimate of drug-likeness (QED) is 0.678. The van der Waals surface area contributed by atoms with E-state index in [0.717, 1.165) is 55.3 Å². The minimum absolute atomic E-state index is 0.354. The van der Waals surface area contributed by atoms with Crippen LogP contribution in [0.1, 0.15) is 41.4 Å². The standard InChI is InChI=1S/C21H26N6O/c1-15-18(13-26(3)25-15)14-27-11-6-17(7-12-27)20-21(24-10-9-23-20)28-19-5-4-8-22-16(19)2/h4-5,8-10,13,17H,6-7,11-12,14H2,1-3H3. The van der Waals surface area contributed by atoms with E-state index in [0.29, 0.717) is 11.8 Å². The molecule has 0 unspecified atom stereocenters. The molecule has 146 valence electrons. The predicted octanol–water partition coefficient (Wildman–Crippen LogP) is 3.39. The average Bonchev–Trinajstić information content (AvgIpc) is 3.01. The normalized spacial score (nSPS) is 15.7. The van der Waals surface area contributed by atoms with Gasteiger partial charge in [-0.3, -0.25) is 19.5 Å². The minimum atomic E-state index is 0.354. The lowest BCUT2D eigenvalue weighted by atomic mass is 9.93. The fourth-order valence-corrected chi connectivity index (χ4v) is 3.79. The number of ether oxygens (including phenoxy) is 1. The lowest BCUT2D eigenvalue weighted by Gasteiger charge is -2.31. The molecule has 1 saturated heterocycles. The van der Waals surface area contributed by atoms with Gasteiger partial charge < -0.3 is 4.74 Å². The zero-order valence-electron chi connectivity index (χ0n) is 16.7. The molecule has 0 amide bonds. The molecule has 0 bridgehead atoms. The molecule has 0 N–H and O–H groups in total. The fraction of sp³-hybridized carbons (Fsp3) is 0.429. The summed E-state index contributed by atoms with van der Waals surface area (Å²) >= 11 is 0. The third-order valence-corrected chi connectivity index (χ3v) is 5.34. The molecule has 4 heterocycles. The Balaban J connectivity index is 1.43. The monoisotopic (exact) mass is 378 g/mol. The largest absolute Gasteiger partial charge is 0.435 e. The molecule has 1 aliphatic rings. The number of piperidine rings is 1. The number of pyridine rings is 1. The van der Waals surface area contributed by atoms with Gasteiger partial charge >= 0.3 is 0 Å². The Morgan fingerprint density at radius 3 is 2.54 bits per heavy atom. The molecular formula is C21H26N6O. The fourth-order valence-electron chi connectivity index (χ4n) is 3.79. The average molecular weight is 378 g/mol. The van der Waals surface area contributed by atoms with Gasteiger partial charge in [0, 0.05) is 49.9 Å². The molecule has 3 aromatic rings. The Kier molecular flexibility index (Phi) is 5.34. The van der Waals surface area contributed by atoms with Crippen LogP contribution in [-0.2, 0) is 13.6 Å². The van der Waals surface area contributed by atoms with E-state index in [1.807, 2.05) is 30.8 Å². The molecule has 28 heavy (non-hydrogen) atoms. The lowest BCUT2D eigenvalue weighted by molar-refractivity contribution is 0.201. The molecule has 0 spiro atoms. The first kappa shape index (κ1) is 18.6. The molecule has 0 radical (unpaired) electrons. The van der Waals surface area contributed by atoms with Crippen molar-refractivity contribution in [3.8, 4) is 11.6 Å². The molecule has 0 saturated carbocycles. The first-order valence-corrected chi connectivity index (χ1v) is 9.72. The van der Waals surface area contributed by atoms with E-state index in [1.54, 1.807) is 18.6 Å². The van der Waals surface area contributed by atoms with Crippen molar-refractivity contribution in [2.45, 2.75) is 39.2 Å². The predicted molar refractivity (Wildman–Crippen MR) is 106 cm³/mol. The van der Waals surface area contributed by atoms with Crippen LogP contribution in [0.15, 0.2) is 36.9 Å². The van der Waals surface area contributed by atoms with Crippen molar-refractivity contribution < 1.29 is 4.74 Å². The van der Waals surface area contributed by atoms with E-state index in [1.165, 1.54) is 5.56 Å². The Labute approximate surface area is 165 Å². The van der Waals surface area contributed by atoms with Gasteiger partial charge in [-0.05, 0) is 51.9 Å². The maximum absolute atomic E-state index is 6.07. The summed E-state index contributed by atoms with van der Waals surface area (Å²) in [4.78, 5) is 15.8. The summed E-state index contributed by atoms with van der Waals surface area (Å²) in [5.41, 5.74) is 4.21. The van der Waals surface area contributed by atoms with Crippen LogP contribution < -0.4 is 4.74 Å². The van der Waals surface area contributed by atoms with E-state index in [2.05, 4.69) is 38.1 Å². The van der Waals surface area contributed by atoms with Crippen LogP contribution in [0.25, 0.3) is 0 Å². The van der Waals surface area contributed by atoms with Crippen molar-refractivity contribution >= 4 is 0 Å². The highest BCUT2D eigenvalue weighted by Gasteiger charge is 2.26. The molecule has 7 heteroatoms. The summed E-state index contributed by atoms with van der Waals surface area (Å²) in [5, 5.41) is 4.45. The van der Waals surface area contributed by atoms with E-state index < -0.39 is 0 Å². The topological polar surface area (TPSA) is 69.0 Å². The lowest BCUT2D eigenvalue weighted by Crippen LogP contribution is -2.33. The van der Waals surface area contributed by atoms with Crippen molar-refractivity contribution in [2.24, 2.45) is 7.05 Å². The van der Waals surface area contributed by atoms with Gasteiger partial charge in [-0.15, -0.1) is 0 Å². The second-order valence-corrected chi connectivity index (χ2v) is 7.40. The van der Waals surface area contributed by atoms with E-state index in [4.69, 9.17) is 4.74 Å². The van der Waals surface area contributed by atoms with Crippen molar-refractivity contribution in [1.29, 1.82) is 0 Å². The first-order chi connectivity index (χ1) is 13.6. The SMILES string of the molecule is Cc1nn(C)cc1CN1CCC(c2nccnc2Oc2cccnc2C)CC1. The number of aryl methyl sites for hydroxylation is 3. The van der Waals surface area contributed by atoms with Gasteiger partial charge in [0.05, 0.1) is 11.4 Å². The van der Waals surface area contributed by atoms with Crippen molar-refractivity contribution in [2.75, 3.05) is 13.1 Å². The zero-order valence-corrected chi connectivity index (χ0v) is 16.7. The number of nitrogens with zero attached hydrogens (tertiary/aromatic N) is 6. The second kappa shape index (κ2) is 8.06. The highest BCUT2D eigenvalue weighted by atomic mass is 16.5. The smallest absolute Gasteiger partial charge is 0.241 e. The molecular weight excluding hydrogens is 352 g/mol. The molecule has 0 aliphatic carbocycles. The van der Waals surface area contributed by atoms with Crippen LogP contribution in [0.2, 0.25) is 0 Å². The zero-order chi connectivity index (χ0) is 19.5. The van der Waals surface area contributed by atoms with Gasteiger partial charge in [0.1, 0.15) is 5.69 Å². The molecule has 1 fully saturated rings. The van der Waals surface area contributed by atoms with Gasteiger partial charge in [-0.25, -0.2) is 4.98 Å². The Bertz CT molecular complexity index is 946. The van der Waals surface area contributed by atoms with Gasteiger partial charge in [-0.1, -0.05) is 0 Å². The minimum Gasteiger partial charge on any atom is -0.435 e. The number of hydrogen-bond acceptors (Lipinski definition) is 6. The molecule has 0 atom stereocenters. The van der Waals surface area contributed by atoms with Gasteiger partial charge in [0.2, 0.25) is 5.88 Å². The van der Waals surface area contributed by atoms with Crippen LogP contribution >= 0.6 is 0 Å². The Morgan fingerprint density at radius 1 is 1.04 bits per heavy atom. The van der Waals surface area contributed by atoms with E-state index in [-0.39, 0.29) is 0 Å². The Morgan fingerprint density at radius 2 is 1.82 bits per heavy atom. The maximum Gasteiger partial charge on any atom is 0.241 e. The van der Waals surface area contributed by atoms with Crippen LogP contribution in [0.5, 0.6) is 11.6 Å². The van der Waals surface area contributed by atoms with Crippen LogP contribution in [0.3, 0.4) is 0 Å². The maximum atomic E-state index is 6.07. The van der Waals surface area contributed by atoms with Crippen molar-refractivity contribution in [3.63, 3.8) is 0 Å². The third kappa shape index (κ3) is 4.04. The number of hydrogen-bond donors (Lipinski definition) is 0. The van der Waals surface area contributed by atoms with Crippen LogP contribution in [-0.4, -0.2) is 42.7 Å². The van der Waals surface area contributed by atoms with Gasteiger partial charge in [-0.2, -0.15) is 5.10 Å². The summed E-state index contributed by atoms with van der Waals surface area (Å²) < 4.78 is 7.96. The number of aromatic nitrogens is 5.